The first-order valence-electron chi connectivity index (χ1n) is 4.20. The Bertz CT molecular complexity index is 348. The zero-order valence-corrected chi connectivity index (χ0v) is 7.63. The van der Waals surface area contributed by atoms with Gasteiger partial charge in [0.15, 0.2) is 0 Å². The van der Waals surface area contributed by atoms with Crippen LogP contribution in [0, 0.1) is 0 Å². The lowest BCUT2D eigenvalue weighted by atomic mass is 10.0. The second-order valence-corrected chi connectivity index (χ2v) is 2.88. The molecule has 4 heteroatoms. The van der Waals surface area contributed by atoms with Crippen LogP contribution >= 0.6 is 0 Å². The summed E-state index contributed by atoms with van der Waals surface area (Å²) in [5.41, 5.74) is 0.402. The minimum Gasteiger partial charge on any atom is -0.478 e. The fourth-order valence-electron chi connectivity index (χ4n) is 1.25. The summed E-state index contributed by atoms with van der Waals surface area (Å²) in [6.07, 6.45) is -2.12. The SMILES string of the molecule is CCc1cc(C(F)F)ccc1C(=O)O. The van der Waals surface area contributed by atoms with Gasteiger partial charge in [0, 0.05) is 5.56 Å². The molecule has 0 radical (unpaired) electrons. The topological polar surface area (TPSA) is 37.3 Å². The summed E-state index contributed by atoms with van der Waals surface area (Å²) in [6, 6.07) is 3.62. The number of halogens is 2. The molecule has 0 saturated carbocycles. The highest BCUT2D eigenvalue weighted by molar-refractivity contribution is 5.89. The zero-order valence-electron chi connectivity index (χ0n) is 7.63. The van der Waals surface area contributed by atoms with Gasteiger partial charge in [0.25, 0.3) is 6.43 Å². The molecule has 0 unspecified atom stereocenters. The highest BCUT2D eigenvalue weighted by atomic mass is 19.3. The number of carboxylic acid groups (broad SMARTS) is 1. The molecule has 0 bridgehead atoms. The second kappa shape index (κ2) is 4.17. The van der Waals surface area contributed by atoms with Gasteiger partial charge in [0.1, 0.15) is 0 Å². The van der Waals surface area contributed by atoms with Crippen LogP contribution in [-0.4, -0.2) is 11.1 Å². The molecule has 0 aliphatic carbocycles. The monoisotopic (exact) mass is 200 g/mol. The minimum absolute atomic E-state index is 0.0944. The van der Waals surface area contributed by atoms with Crippen LogP contribution < -0.4 is 0 Å². The molecule has 0 aliphatic rings. The van der Waals surface area contributed by atoms with E-state index in [-0.39, 0.29) is 11.1 Å². The Labute approximate surface area is 80.2 Å². The molecule has 0 fully saturated rings. The van der Waals surface area contributed by atoms with E-state index in [1.54, 1.807) is 6.92 Å². The Morgan fingerprint density at radius 2 is 2.14 bits per heavy atom. The van der Waals surface area contributed by atoms with Crippen LogP contribution in [0.4, 0.5) is 8.78 Å². The molecule has 0 amide bonds. The molecular formula is C10H10F2O2. The van der Waals surface area contributed by atoms with Crippen molar-refractivity contribution in [2.24, 2.45) is 0 Å². The van der Waals surface area contributed by atoms with E-state index in [0.717, 1.165) is 6.07 Å². The predicted molar refractivity (Wildman–Crippen MR) is 47.7 cm³/mol. The maximum atomic E-state index is 12.3. The molecule has 2 nitrogen and oxygen atoms in total. The third-order valence-corrected chi connectivity index (χ3v) is 1.99. The van der Waals surface area contributed by atoms with E-state index in [0.29, 0.717) is 12.0 Å². The maximum Gasteiger partial charge on any atom is 0.335 e. The molecular weight excluding hydrogens is 190 g/mol. The van der Waals surface area contributed by atoms with Crippen LogP contribution in [0.1, 0.15) is 34.8 Å². The van der Waals surface area contributed by atoms with Crippen molar-refractivity contribution in [1.82, 2.24) is 0 Å². The number of hydrogen-bond acceptors (Lipinski definition) is 1. The first-order chi connectivity index (χ1) is 6.56. The van der Waals surface area contributed by atoms with Crippen molar-refractivity contribution >= 4 is 5.97 Å². The van der Waals surface area contributed by atoms with E-state index in [1.807, 2.05) is 0 Å². The molecule has 14 heavy (non-hydrogen) atoms. The Hall–Kier alpha value is -1.45. The second-order valence-electron chi connectivity index (χ2n) is 2.88. The highest BCUT2D eigenvalue weighted by Crippen LogP contribution is 2.22. The minimum atomic E-state index is -2.55. The summed E-state index contributed by atoms with van der Waals surface area (Å²) in [4.78, 5) is 10.7. The van der Waals surface area contributed by atoms with Crippen LogP contribution in [-0.2, 0) is 6.42 Å². The molecule has 0 atom stereocenters. The standard InChI is InChI=1S/C10H10F2O2/c1-2-6-5-7(9(11)12)3-4-8(6)10(13)14/h3-5,9H,2H2,1H3,(H,13,14). The molecule has 1 aromatic rings. The summed E-state index contributed by atoms with van der Waals surface area (Å²) >= 11 is 0. The molecule has 0 spiro atoms. The van der Waals surface area contributed by atoms with Crippen molar-refractivity contribution in [2.45, 2.75) is 19.8 Å². The van der Waals surface area contributed by atoms with Gasteiger partial charge in [0.2, 0.25) is 0 Å². The lowest BCUT2D eigenvalue weighted by molar-refractivity contribution is 0.0695. The van der Waals surface area contributed by atoms with Crippen molar-refractivity contribution in [2.75, 3.05) is 0 Å². The van der Waals surface area contributed by atoms with Gasteiger partial charge in [-0.1, -0.05) is 13.0 Å². The van der Waals surface area contributed by atoms with Crippen LogP contribution in [0.5, 0.6) is 0 Å². The van der Waals surface area contributed by atoms with Gasteiger partial charge < -0.3 is 5.11 Å². The van der Waals surface area contributed by atoms with Crippen LogP contribution in [0.3, 0.4) is 0 Å². The smallest absolute Gasteiger partial charge is 0.335 e. The fraction of sp³-hybridized carbons (Fsp3) is 0.300. The van der Waals surface area contributed by atoms with Crippen LogP contribution in [0.25, 0.3) is 0 Å². The van der Waals surface area contributed by atoms with Crippen molar-refractivity contribution in [3.63, 3.8) is 0 Å². The first kappa shape index (κ1) is 10.6. The van der Waals surface area contributed by atoms with Crippen molar-refractivity contribution in [1.29, 1.82) is 0 Å². The van der Waals surface area contributed by atoms with Gasteiger partial charge >= 0.3 is 5.97 Å². The van der Waals surface area contributed by atoms with Gasteiger partial charge in [0.05, 0.1) is 5.56 Å². The lowest BCUT2D eigenvalue weighted by Crippen LogP contribution is -2.02. The lowest BCUT2D eigenvalue weighted by Gasteiger charge is -2.06. The number of aromatic carboxylic acids is 1. The molecule has 0 aromatic heterocycles. The van der Waals surface area contributed by atoms with Gasteiger partial charge in [-0.2, -0.15) is 0 Å². The van der Waals surface area contributed by atoms with E-state index >= 15 is 0 Å². The largest absolute Gasteiger partial charge is 0.478 e. The Kier molecular flexibility index (Phi) is 3.17. The molecule has 76 valence electrons. The molecule has 0 aliphatic heterocycles. The molecule has 0 heterocycles. The third kappa shape index (κ3) is 2.07. The zero-order chi connectivity index (χ0) is 10.7. The number of benzene rings is 1. The van der Waals surface area contributed by atoms with Crippen molar-refractivity contribution in [3.05, 3.63) is 34.9 Å². The van der Waals surface area contributed by atoms with E-state index in [2.05, 4.69) is 0 Å². The van der Waals surface area contributed by atoms with E-state index in [9.17, 15) is 13.6 Å². The number of carbonyl (C=O) groups is 1. The predicted octanol–water partition coefficient (Wildman–Crippen LogP) is 2.88. The number of aryl methyl sites for hydroxylation is 1. The van der Waals surface area contributed by atoms with Crippen LogP contribution in [0.15, 0.2) is 18.2 Å². The van der Waals surface area contributed by atoms with Crippen LogP contribution in [0.2, 0.25) is 0 Å². The quantitative estimate of drug-likeness (QED) is 0.814. The van der Waals surface area contributed by atoms with Crippen molar-refractivity contribution < 1.29 is 18.7 Å². The Morgan fingerprint density at radius 3 is 2.57 bits per heavy atom. The third-order valence-electron chi connectivity index (χ3n) is 1.99. The van der Waals surface area contributed by atoms with E-state index in [4.69, 9.17) is 5.11 Å². The Balaban J connectivity index is 3.18. The summed E-state index contributed by atoms with van der Waals surface area (Å²) in [7, 11) is 0. The van der Waals surface area contributed by atoms with Gasteiger partial charge in [-0.05, 0) is 24.1 Å². The number of alkyl halides is 2. The van der Waals surface area contributed by atoms with Gasteiger partial charge in [-0.25, -0.2) is 13.6 Å². The number of carboxylic acids is 1. The number of hydrogen-bond donors (Lipinski definition) is 1. The van der Waals surface area contributed by atoms with E-state index < -0.39 is 12.4 Å². The van der Waals surface area contributed by atoms with E-state index in [1.165, 1.54) is 12.1 Å². The normalized spacial score (nSPS) is 10.6. The molecule has 1 N–H and O–H groups in total. The highest BCUT2D eigenvalue weighted by Gasteiger charge is 2.13. The molecule has 1 rings (SSSR count). The maximum absolute atomic E-state index is 12.3. The van der Waals surface area contributed by atoms with Crippen molar-refractivity contribution in [3.8, 4) is 0 Å². The summed E-state index contributed by atoms with van der Waals surface area (Å²) in [5.74, 6) is -1.08. The summed E-state index contributed by atoms with van der Waals surface area (Å²) in [5, 5.41) is 8.74. The van der Waals surface area contributed by atoms with Gasteiger partial charge in [-0.3, -0.25) is 0 Å². The average molecular weight is 200 g/mol. The van der Waals surface area contributed by atoms with Gasteiger partial charge in [-0.15, -0.1) is 0 Å². The average Bonchev–Trinajstić information content (AvgIpc) is 2.16. The first-order valence-corrected chi connectivity index (χ1v) is 4.20. The number of rotatable bonds is 3. The Morgan fingerprint density at radius 1 is 1.50 bits per heavy atom. The fourth-order valence-corrected chi connectivity index (χ4v) is 1.25. The molecule has 0 saturated heterocycles. The summed E-state index contributed by atoms with van der Waals surface area (Å²) in [6.45, 7) is 1.73. The summed E-state index contributed by atoms with van der Waals surface area (Å²) < 4.78 is 24.5. The molecule has 1 aromatic carbocycles.